The number of aliphatic hydroxyl groups excluding tert-OH is 1. The van der Waals surface area contributed by atoms with Gasteiger partial charge >= 0.3 is 6.18 Å². The third-order valence-corrected chi connectivity index (χ3v) is 3.65. The van der Waals surface area contributed by atoms with E-state index in [9.17, 15) is 18.3 Å². The number of hydrogen-bond donors (Lipinski definition) is 1. The van der Waals surface area contributed by atoms with E-state index in [-0.39, 0.29) is 24.7 Å². The minimum Gasteiger partial charge on any atom is -0.493 e. The molecule has 136 valence electrons. The van der Waals surface area contributed by atoms with Crippen LogP contribution in [0.4, 0.5) is 13.2 Å². The van der Waals surface area contributed by atoms with Gasteiger partial charge in [-0.1, -0.05) is 0 Å². The van der Waals surface area contributed by atoms with Crippen molar-refractivity contribution in [3.8, 4) is 11.5 Å². The van der Waals surface area contributed by atoms with Crippen molar-refractivity contribution in [2.24, 2.45) is 0 Å². The summed E-state index contributed by atoms with van der Waals surface area (Å²) in [5.74, 6) is -1.31. The Balaban J connectivity index is 2.59. The van der Waals surface area contributed by atoms with Crippen LogP contribution in [0.3, 0.4) is 0 Å². The van der Waals surface area contributed by atoms with Gasteiger partial charge in [0.1, 0.15) is 11.5 Å². The van der Waals surface area contributed by atoms with E-state index >= 15 is 0 Å². The monoisotopic (exact) mass is 350 g/mol. The second-order valence-electron chi connectivity index (χ2n) is 5.34. The Bertz CT molecular complexity index is 540. The van der Waals surface area contributed by atoms with Crippen LogP contribution in [0.2, 0.25) is 0 Å². The summed E-state index contributed by atoms with van der Waals surface area (Å²) in [6, 6.07) is 2.78. The molecule has 0 bridgehead atoms. The highest BCUT2D eigenvalue weighted by atomic mass is 19.4. The molecule has 0 amide bonds. The Morgan fingerprint density at radius 2 is 1.58 bits per heavy atom. The third-order valence-electron chi connectivity index (χ3n) is 3.65. The highest BCUT2D eigenvalue weighted by molar-refractivity contribution is 5.51. The van der Waals surface area contributed by atoms with Crippen LogP contribution in [0.25, 0.3) is 0 Å². The number of alkyl halides is 3. The molecule has 1 aromatic rings. The van der Waals surface area contributed by atoms with Crippen LogP contribution in [-0.4, -0.2) is 37.7 Å². The van der Waals surface area contributed by atoms with E-state index in [1.165, 1.54) is 12.1 Å². The highest BCUT2D eigenvalue weighted by Crippen LogP contribution is 2.45. The highest BCUT2D eigenvalue weighted by Gasteiger charge is 2.44. The second kappa shape index (κ2) is 7.16. The third kappa shape index (κ3) is 3.76. The minimum absolute atomic E-state index is 0.108. The lowest BCUT2D eigenvalue weighted by Crippen LogP contribution is -2.25. The van der Waals surface area contributed by atoms with Crippen molar-refractivity contribution in [1.29, 1.82) is 0 Å². The quantitative estimate of drug-likeness (QED) is 0.853. The van der Waals surface area contributed by atoms with Crippen LogP contribution in [0.5, 0.6) is 11.5 Å². The van der Waals surface area contributed by atoms with Crippen molar-refractivity contribution in [2.45, 2.75) is 38.8 Å². The SMILES string of the molecule is CCOc1cc(C2(C)OCCO2)cc(OCC)c1C(O)C(F)(F)F. The molecule has 1 heterocycles. The molecule has 1 aliphatic rings. The van der Waals surface area contributed by atoms with E-state index in [1.807, 2.05) is 0 Å². The van der Waals surface area contributed by atoms with Crippen LogP contribution < -0.4 is 9.47 Å². The van der Waals surface area contributed by atoms with E-state index in [0.29, 0.717) is 18.8 Å². The van der Waals surface area contributed by atoms with Crippen molar-refractivity contribution in [2.75, 3.05) is 26.4 Å². The molecule has 1 unspecified atom stereocenters. The van der Waals surface area contributed by atoms with E-state index in [2.05, 4.69) is 0 Å². The summed E-state index contributed by atoms with van der Waals surface area (Å²) in [5.41, 5.74) is 0.0153. The predicted molar refractivity (Wildman–Crippen MR) is 79.1 cm³/mol. The maximum atomic E-state index is 13.0. The van der Waals surface area contributed by atoms with Crippen molar-refractivity contribution < 1.29 is 37.2 Å². The standard InChI is InChI=1S/C16H21F3O5/c1-4-21-11-8-10(15(3)23-6-7-24-15)9-12(22-5-2)13(11)14(20)16(17,18)19/h8-9,14,20H,4-7H2,1-3H3. The lowest BCUT2D eigenvalue weighted by atomic mass is 9.99. The van der Waals surface area contributed by atoms with Crippen molar-refractivity contribution in [3.63, 3.8) is 0 Å². The van der Waals surface area contributed by atoms with Gasteiger partial charge in [0, 0.05) is 5.56 Å². The Morgan fingerprint density at radius 3 is 1.96 bits per heavy atom. The lowest BCUT2D eigenvalue weighted by Gasteiger charge is -2.27. The Kier molecular flexibility index (Phi) is 5.62. The summed E-state index contributed by atoms with van der Waals surface area (Å²) in [4.78, 5) is 0. The van der Waals surface area contributed by atoms with Crippen molar-refractivity contribution in [3.05, 3.63) is 23.3 Å². The van der Waals surface area contributed by atoms with Crippen LogP contribution in [0.15, 0.2) is 12.1 Å². The topological polar surface area (TPSA) is 57.2 Å². The van der Waals surface area contributed by atoms with Gasteiger partial charge in [-0.3, -0.25) is 0 Å². The minimum atomic E-state index is -4.84. The maximum absolute atomic E-state index is 13.0. The number of halogens is 3. The molecule has 0 aliphatic carbocycles. The molecular weight excluding hydrogens is 329 g/mol. The summed E-state index contributed by atoms with van der Waals surface area (Å²) < 4.78 is 60.9. The molecular formula is C16H21F3O5. The molecule has 1 fully saturated rings. The summed E-state index contributed by atoms with van der Waals surface area (Å²) in [5, 5.41) is 9.74. The fourth-order valence-electron chi connectivity index (χ4n) is 2.53. The molecule has 8 heteroatoms. The van der Waals surface area contributed by atoms with E-state index in [0.717, 1.165) is 0 Å². The normalized spacial score (nSPS) is 18.5. The van der Waals surface area contributed by atoms with Crippen LogP contribution >= 0.6 is 0 Å². The average molecular weight is 350 g/mol. The summed E-state index contributed by atoms with van der Waals surface area (Å²) in [7, 11) is 0. The molecule has 1 saturated heterocycles. The van der Waals surface area contributed by atoms with Crippen LogP contribution in [-0.2, 0) is 15.3 Å². The van der Waals surface area contributed by atoms with Crippen LogP contribution in [0, 0.1) is 0 Å². The average Bonchev–Trinajstić information content (AvgIpc) is 2.94. The number of aliphatic hydroxyl groups is 1. The summed E-state index contributed by atoms with van der Waals surface area (Å²) in [6.45, 7) is 5.95. The first kappa shape index (κ1) is 18.8. The second-order valence-corrected chi connectivity index (χ2v) is 5.34. The van der Waals surface area contributed by atoms with E-state index in [4.69, 9.17) is 18.9 Å². The van der Waals surface area contributed by atoms with Gasteiger partial charge in [-0.2, -0.15) is 13.2 Å². The Hall–Kier alpha value is -1.51. The first-order valence-electron chi connectivity index (χ1n) is 7.69. The molecule has 0 saturated carbocycles. The van der Waals surface area contributed by atoms with Gasteiger partial charge in [-0.05, 0) is 32.9 Å². The molecule has 5 nitrogen and oxygen atoms in total. The van der Waals surface area contributed by atoms with Gasteiger partial charge in [-0.25, -0.2) is 0 Å². The predicted octanol–water partition coefficient (Wildman–Crippen LogP) is 3.30. The van der Waals surface area contributed by atoms with Crippen LogP contribution in [0.1, 0.15) is 38.0 Å². The molecule has 1 N–H and O–H groups in total. The van der Waals surface area contributed by atoms with Crippen molar-refractivity contribution in [1.82, 2.24) is 0 Å². The largest absolute Gasteiger partial charge is 0.493 e. The van der Waals surface area contributed by atoms with Gasteiger partial charge < -0.3 is 24.1 Å². The van der Waals surface area contributed by atoms with E-state index in [1.54, 1.807) is 20.8 Å². The fourth-order valence-corrected chi connectivity index (χ4v) is 2.53. The zero-order valence-corrected chi connectivity index (χ0v) is 13.8. The zero-order valence-electron chi connectivity index (χ0n) is 13.8. The van der Waals surface area contributed by atoms with Gasteiger partial charge in [0.25, 0.3) is 0 Å². The number of benzene rings is 1. The number of hydrogen-bond acceptors (Lipinski definition) is 5. The Morgan fingerprint density at radius 1 is 1.12 bits per heavy atom. The molecule has 2 rings (SSSR count). The Labute approximate surface area is 138 Å². The van der Waals surface area contributed by atoms with Gasteiger partial charge in [0.2, 0.25) is 0 Å². The first-order chi connectivity index (χ1) is 11.2. The number of ether oxygens (including phenoxy) is 4. The van der Waals surface area contributed by atoms with Gasteiger partial charge in [0.05, 0.1) is 32.0 Å². The molecule has 0 radical (unpaired) electrons. The zero-order chi connectivity index (χ0) is 18.0. The smallest absolute Gasteiger partial charge is 0.418 e. The molecule has 1 aromatic carbocycles. The van der Waals surface area contributed by atoms with Gasteiger partial charge in [-0.15, -0.1) is 0 Å². The lowest BCUT2D eigenvalue weighted by molar-refractivity contribution is -0.207. The molecule has 0 spiro atoms. The van der Waals surface area contributed by atoms with Gasteiger partial charge in [0.15, 0.2) is 11.9 Å². The molecule has 1 atom stereocenters. The molecule has 0 aromatic heterocycles. The number of rotatable bonds is 6. The van der Waals surface area contributed by atoms with E-state index < -0.39 is 23.6 Å². The summed E-state index contributed by atoms with van der Waals surface area (Å²) >= 11 is 0. The maximum Gasteiger partial charge on any atom is 0.418 e. The molecule has 1 aliphatic heterocycles. The first-order valence-corrected chi connectivity index (χ1v) is 7.69. The fraction of sp³-hybridized carbons (Fsp3) is 0.625. The summed E-state index contributed by atoms with van der Waals surface area (Å²) in [6.07, 6.45) is -7.56. The molecule has 24 heavy (non-hydrogen) atoms. The van der Waals surface area contributed by atoms with Crippen molar-refractivity contribution >= 4 is 0 Å².